The molecule has 0 aliphatic rings. The van der Waals surface area contributed by atoms with Crippen LogP contribution < -0.4 is 9.64 Å². The Kier molecular flexibility index (Phi) is 5.88. The van der Waals surface area contributed by atoms with Crippen molar-refractivity contribution in [3.05, 3.63) is 95.1 Å². The SMILES string of the molecule is Cc1cc(O)cc(N(c2cc(C)cc(O)c2)c2cccc(Oc3ccc(O)c(C)c3C)c2)c1. The molecule has 5 heteroatoms. The van der Waals surface area contributed by atoms with Crippen molar-refractivity contribution in [2.75, 3.05) is 4.90 Å². The van der Waals surface area contributed by atoms with E-state index in [0.717, 1.165) is 39.3 Å². The van der Waals surface area contributed by atoms with Crippen LogP contribution in [0.2, 0.25) is 0 Å². The van der Waals surface area contributed by atoms with Gasteiger partial charge in [-0.05, 0) is 98.5 Å². The van der Waals surface area contributed by atoms with E-state index >= 15 is 0 Å². The second-order valence-corrected chi connectivity index (χ2v) is 8.32. The van der Waals surface area contributed by atoms with E-state index in [1.165, 1.54) is 0 Å². The molecule has 0 unspecified atom stereocenters. The molecule has 0 bridgehead atoms. The number of phenolic OH excluding ortho intramolecular Hbond substituents is 3. The highest BCUT2D eigenvalue weighted by atomic mass is 16.5. The van der Waals surface area contributed by atoms with Crippen molar-refractivity contribution in [1.29, 1.82) is 0 Å². The number of aryl methyl sites for hydroxylation is 2. The van der Waals surface area contributed by atoms with E-state index in [-0.39, 0.29) is 17.2 Å². The molecule has 0 saturated heterocycles. The van der Waals surface area contributed by atoms with Gasteiger partial charge < -0.3 is 25.0 Å². The van der Waals surface area contributed by atoms with Crippen LogP contribution in [0.3, 0.4) is 0 Å². The molecule has 0 heterocycles. The normalized spacial score (nSPS) is 10.8. The van der Waals surface area contributed by atoms with Gasteiger partial charge in [-0.2, -0.15) is 0 Å². The van der Waals surface area contributed by atoms with E-state index in [2.05, 4.69) is 0 Å². The summed E-state index contributed by atoms with van der Waals surface area (Å²) in [5, 5.41) is 30.5. The quantitative estimate of drug-likeness (QED) is 0.303. The van der Waals surface area contributed by atoms with Gasteiger partial charge in [-0.1, -0.05) is 6.07 Å². The van der Waals surface area contributed by atoms with Gasteiger partial charge in [0.2, 0.25) is 0 Å². The number of anilines is 3. The van der Waals surface area contributed by atoms with E-state index in [1.807, 2.05) is 69.0 Å². The van der Waals surface area contributed by atoms with Crippen molar-refractivity contribution < 1.29 is 20.1 Å². The van der Waals surface area contributed by atoms with Crippen molar-refractivity contribution in [3.8, 4) is 28.7 Å². The van der Waals surface area contributed by atoms with Crippen LogP contribution in [0, 0.1) is 27.7 Å². The number of phenols is 3. The number of aromatic hydroxyl groups is 3. The molecule has 3 N–H and O–H groups in total. The van der Waals surface area contributed by atoms with Gasteiger partial charge in [-0.15, -0.1) is 0 Å². The van der Waals surface area contributed by atoms with Crippen molar-refractivity contribution in [2.24, 2.45) is 0 Å². The van der Waals surface area contributed by atoms with Crippen LogP contribution in [0.15, 0.2) is 72.8 Å². The second-order valence-electron chi connectivity index (χ2n) is 8.32. The Balaban J connectivity index is 1.82. The van der Waals surface area contributed by atoms with Crippen molar-refractivity contribution in [1.82, 2.24) is 0 Å². The predicted molar refractivity (Wildman–Crippen MR) is 132 cm³/mol. The second kappa shape index (κ2) is 8.79. The summed E-state index contributed by atoms with van der Waals surface area (Å²) < 4.78 is 6.17. The highest BCUT2D eigenvalue weighted by molar-refractivity contribution is 5.79. The summed E-state index contributed by atoms with van der Waals surface area (Å²) in [6, 6.07) is 21.7. The van der Waals surface area contributed by atoms with Gasteiger partial charge in [0.05, 0.1) is 11.4 Å². The van der Waals surface area contributed by atoms with Gasteiger partial charge in [0.15, 0.2) is 0 Å². The van der Waals surface area contributed by atoms with E-state index < -0.39 is 0 Å². The third kappa shape index (κ3) is 4.72. The zero-order chi connectivity index (χ0) is 23.7. The maximum absolute atomic E-state index is 10.3. The molecule has 0 saturated carbocycles. The maximum atomic E-state index is 10.3. The van der Waals surface area contributed by atoms with Crippen LogP contribution in [-0.2, 0) is 0 Å². The van der Waals surface area contributed by atoms with E-state index in [4.69, 9.17) is 4.74 Å². The summed E-state index contributed by atoms with van der Waals surface area (Å²) in [6.45, 7) is 7.60. The smallest absolute Gasteiger partial charge is 0.130 e. The van der Waals surface area contributed by atoms with Gasteiger partial charge in [0, 0.05) is 23.9 Å². The number of hydrogen-bond donors (Lipinski definition) is 3. The first-order chi connectivity index (χ1) is 15.7. The minimum absolute atomic E-state index is 0.162. The molecule has 0 atom stereocenters. The molecule has 4 aromatic rings. The molecule has 4 aromatic carbocycles. The number of hydrogen-bond acceptors (Lipinski definition) is 5. The van der Waals surface area contributed by atoms with Gasteiger partial charge in [0.25, 0.3) is 0 Å². The summed E-state index contributed by atoms with van der Waals surface area (Å²) in [5.74, 6) is 1.84. The van der Waals surface area contributed by atoms with Crippen LogP contribution in [0.5, 0.6) is 28.7 Å². The fourth-order valence-corrected chi connectivity index (χ4v) is 3.90. The van der Waals surface area contributed by atoms with Crippen LogP contribution in [-0.4, -0.2) is 15.3 Å². The first-order valence-corrected chi connectivity index (χ1v) is 10.7. The van der Waals surface area contributed by atoms with Crippen LogP contribution in [0.25, 0.3) is 0 Å². The summed E-state index contributed by atoms with van der Waals surface area (Å²) in [4.78, 5) is 1.96. The lowest BCUT2D eigenvalue weighted by Crippen LogP contribution is -2.10. The van der Waals surface area contributed by atoms with Gasteiger partial charge in [-0.3, -0.25) is 0 Å². The lowest BCUT2D eigenvalue weighted by Gasteiger charge is -2.27. The third-order valence-electron chi connectivity index (χ3n) is 5.62. The first kappa shape index (κ1) is 22.1. The first-order valence-electron chi connectivity index (χ1n) is 10.7. The summed E-state index contributed by atoms with van der Waals surface area (Å²) in [7, 11) is 0. The van der Waals surface area contributed by atoms with E-state index in [0.29, 0.717) is 11.5 Å². The zero-order valence-electron chi connectivity index (χ0n) is 19.1. The molecular formula is C28H27NO4. The maximum Gasteiger partial charge on any atom is 0.130 e. The Morgan fingerprint density at radius 2 is 1.21 bits per heavy atom. The Bertz CT molecular complexity index is 1240. The zero-order valence-corrected chi connectivity index (χ0v) is 19.1. The Hall–Kier alpha value is -4.12. The minimum Gasteiger partial charge on any atom is -0.508 e. The number of rotatable bonds is 5. The van der Waals surface area contributed by atoms with Gasteiger partial charge in [-0.25, -0.2) is 0 Å². The monoisotopic (exact) mass is 441 g/mol. The van der Waals surface area contributed by atoms with Crippen molar-refractivity contribution in [3.63, 3.8) is 0 Å². The van der Waals surface area contributed by atoms with Crippen LogP contribution in [0.4, 0.5) is 17.1 Å². The molecule has 0 amide bonds. The molecule has 33 heavy (non-hydrogen) atoms. The summed E-state index contributed by atoms with van der Waals surface area (Å²) >= 11 is 0. The molecule has 5 nitrogen and oxygen atoms in total. The molecule has 0 radical (unpaired) electrons. The number of benzene rings is 4. The Morgan fingerprint density at radius 3 is 1.79 bits per heavy atom. The number of nitrogens with zero attached hydrogens (tertiary/aromatic N) is 1. The molecule has 0 spiro atoms. The van der Waals surface area contributed by atoms with Gasteiger partial charge in [0.1, 0.15) is 28.7 Å². The Labute approximate surface area is 193 Å². The molecule has 0 aromatic heterocycles. The lowest BCUT2D eigenvalue weighted by atomic mass is 10.1. The van der Waals surface area contributed by atoms with Crippen molar-refractivity contribution >= 4 is 17.1 Å². The van der Waals surface area contributed by atoms with E-state index in [9.17, 15) is 15.3 Å². The van der Waals surface area contributed by atoms with Gasteiger partial charge >= 0.3 is 0 Å². The highest BCUT2D eigenvalue weighted by Crippen LogP contribution is 2.40. The topological polar surface area (TPSA) is 73.2 Å². The molecule has 168 valence electrons. The predicted octanol–water partition coefficient (Wildman–Crippen LogP) is 7.30. The molecule has 4 rings (SSSR count). The summed E-state index contributed by atoms with van der Waals surface area (Å²) in [5.41, 5.74) is 5.78. The largest absolute Gasteiger partial charge is 0.508 e. The van der Waals surface area contributed by atoms with Crippen LogP contribution >= 0.6 is 0 Å². The average molecular weight is 442 g/mol. The molecule has 0 fully saturated rings. The minimum atomic E-state index is 0.162. The van der Waals surface area contributed by atoms with E-state index in [1.54, 1.807) is 36.4 Å². The highest BCUT2D eigenvalue weighted by Gasteiger charge is 2.16. The Morgan fingerprint density at radius 1 is 0.606 bits per heavy atom. The molecule has 0 aliphatic carbocycles. The lowest BCUT2D eigenvalue weighted by molar-refractivity contribution is 0.457. The molecular weight excluding hydrogens is 414 g/mol. The average Bonchev–Trinajstić information content (AvgIpc) is 2.73. The number of ether oxygens (including phenoxy) is 1. The van der Waals surface area contributed by atoms with Crippen molar-refractivity contribution in [2.45, 2.75) is 27.7 Å². The standard InChI is InChI=1S/C28H27NO4/c1-17-10-22(14-24(30)12-17)29(23-11-18(2)13-25(31)15-23)21-6-5-7-26(16-21)33-28-9-8-27(32)19(3)20(28)4/h5-16,30-32H,1-4H3. The summed E-state index contributed by atoms with van der Waals surface area (Å²) in [6.07, 6.45) is 0. The fraction of sp³-hybridized carbons (Fsp3) is 0.143. The molecule has 0 aliphatic heterocycles. The third-order valence-corrected chi connectivity index (χ3v) is 5.62. The van der Waals surface area contributed by atoms with Crippen LogP contribution in [0.1, 0.15) is 22.3 Å². The fourth-order valence-electron chi connectivity index (χ4n) is 3.90.